The molecule has 0 saturated heterocycles. The van der Waals surface area contributed by atoms with E-state index in [1.165, 1.54) is 14.2 Å². The van der Waals surface area contributed by atoms with Crippen LogP contribution in [0.5, 0.6) is 11.5 Å². The van der Waals surface area contributed by atoms with Gasteiger partial charge in [0.2, 0.25) is 0 Å². The van der Waals surface area contributed by atoms with E-state index in [1.54, 1.807) is 18.2 Å². The maximum Gasteiger partial charge on any atom is 0.258 e. The van der Waals surface area contributed by atoms with E-state index in [9.17, 15) is 4.79 Å². The van der Waals surface area contributed by atoms with E-state index in [-0.39, 0.29) is 11.8 Å². The molecule has 1 aromatic rings. The number of nitrogens with one attached hydrogen (secondary N) is 1. The van der Waals surface area contributed by atoms with E-state index in [0.29, 0.717) is 29.5 Å². The maximum atomic E-state index is 12.1. The Morgan fingerprint density at radius 1 is 1.33 bits per heavy atom. The molecule has 1 N–H and O–H groups in total. The highest BCUT2D eigenvalue weighted by atomic mass is 35.5. The number of halogens is 1. The van der Waals surface area contributed by atoms with Crippen LogP contribution >= 0.6 is 11.6 Å². The van der Waals surface area contributed by atoms with Crippen molar-refractivity contribution in [3.05, 3.63) is 23.8 Å². The van der Waals surface area contributed by atoms with E-state index in [4.69, 9.17) is 21.1 Å². The fourth-order valence-corrected chi connectivity index (χ4v) is 1.59. The summed E-state index contributed by atoms with van der Waals surface area (Å²) in [6, 6.07) is 5.22. The second kappa shape index (κ2) is 7.11. The van der Waals surface area contributed by atoms with Gasteiger partial charge in [0.25, 0.3) is 5.91 Å². The number of hydrogen-bond acceptors (Lipinski definition) is 3. The van der Waals surface area contributed by atoms with Crippen LogP contribution in [0, 0.1) is 5.92 Å². The molecule has 0 aliphatic carbocycles. The lowest BCUT2D eigenvalue weighted by Crippen LogP contribution is -2.29. The summed E-state index contributed by atoms with van der Waals surface area (Å²) in [7, 11) is 3.04. The van der Waals surface area contributed by atoms with Crippen LogP contribution in [0.3, 0.4) is 0 Å². The summed E-state index contributed by atoms with van der Waals surface area (Å²) >= 11 is 5.70. The molecule has 1 atom stereocenters. The van der Waals surface area contributed by atoms with Crippen molar-refractivity contribution in [2.45, 2.75) is 6.92 Å². The minimum absolute atomic E-state index is 0.219. The maximum absolute atomic E-state index is 12.1. The normalized spacial score (nSPS) is 11.8. The quantitative estimate of drug-likeness (QED) is 0.808. The van der Waals surface area contributed by atoms with E-state index in [1.807, 2.05) is 6.92 Å². The summed E-state index contributed by atoms with van der Waals surface area (Å²) in [6.45, 7) is 2.48. The van der Waals surface area contributed by atoms with Crippen molar-refractivity contribution in [3.8, 4) is 11.5 Å². The molecular weight excluding hydrogens is 254 g/mol. The molecule has 0 fully saturated rings. The van der Waals surface area contributed by atoms with Gasteiger partial charge in [-0.1, -0.05) is 13.0 Å². The minimum atomic E-state index is -0.221. The second-order valence-corrected chi connectivity index (χ2v) is 4.32. The molecule has 0 saturated carbocycles. The molecule has 1 rings (SSSR count). The van der Waals surface area contributed by atoms with Gasteiger partial charge < -0.3 is 14.8 Å². The van der Waals surface area contributed by atoms with Gasteiger partial charge in [0.1, 0.15) is 17.1 Å². The molecule has 1 aromatic carbocycles. The van der Waals surface area contributed by atoms with Crippen molar-refractivity contribution in [2.24, 2.45) is 5.92 Å². The molecule has 100 valence electrons. The SMILES string of the molecule is COc1cccc(OC)c1C(=O)NCC(C)CCl. The molecule has 18 heavy (non-hydrogen) atoms. The van der Waals surface area contributed by atoms with Gasteiger partial charge in [0.15, 0.2) is 0 Å². The zero-order valence-electron chi connectivity index (χ0n) is 10.8. The zero-order chi connectivity index (χ0) is 13.5. The highest BCUT2D eigenvalue weighted by Gasteiger charge is 2.18. The van der Waals surface area contributed by atoms with Crippen molar-refractivity contribution in [1.82, 2.24) is 5.32 Å². The first-order chi connectivity index (χ1) is 8.63. The number of rotatable bonds is 6. The van der Waals surface area contributed by atoms with E-state index >= 15 is 0 Å². The van der Waals surface area contributed by atoms with Crippen molar-refractivity contribution in [3.63, 3.8) is 0 Å². The molecule has 4 nitrogen and oxygen atoms in total. The smallest absolute Gasteiger partial charge is 0.258 e. The van der Waals surface area contributed by atoms with Crippen LogP contribution in [0.25, 0.3) is 0 Å². The number of alkyl halides is 1. The molecule has 0 radical (unpaired) electrons. The van der Waals surface area contributed by atoms with Crippen molar-refractivity contribution < 1.29 is 14.3 Å². The first-order valence-electron chi connectivity index (χ1n) is 5.69. The number of hydrogen-bond donors (Lipinski definition) is 1. The van der Waals surface area contributed by atoms with E-state index < -0.39 is 0 Å². The third kappa shape index (κ3) is 3.53. The molecule has 5 heteroatoms. The Hall–Kier alpha value is -1.42. The summed E-state index contributed by atoms with van der Waals surface area (Å²) in [5, 5.41) is 2.82. The second-order valence-electron chi connectivity index (χ2n) is 4.01. The van der Waals surface area contributed by atoms with Gasteiger partial charge in [-0.05, 0) is 18.1 Å². The molecule has 0 aliphatic heterocycles. The lowest BCUT2D eigenvalue weighted by molar-refractivity contribution is 0.0943. The fraction of sp³-hybridized carbons (Fsp3) is 0.462. The number of carbonyl (C=O) groups is 1. The van der Waals surface area contributed by atoms with Crippen molar-refractivity contribution >= 4 is 17.5 Å². The van der Waals surface area contributed by atoms with Crippen LogP contribution in [0.2, 0.25) is 0 Å². The minimum Gasteiger partial charge on any atom is -0.496 e. The van der Waals surface area contributed by atoms with Gasteiger partial charge in [0, 0.05) is 12.4 Å². The number of carbonyl (C=O) groups excluding carboxylic acids is 1. The van der Waals surface area contributed by atoms with Gasteiger partial charge >= 0.3 is 0 Å². The Bertz CT molecular complexity index is 387. The standard InChI is InChI=1S/C13H18ClNO3/c1-9(7-14)8-15-13(16)12-10(17-2)5-4-6-11(12)18-3/h4-6,9H,7-8H2,1-3H3,(H,15,16). The summed E-state index contributed by atoms with van der Waals surface area (Å²) in [6.07, 6.45) is 0. The largest absolute Gasteiger partial charge is 0.496 e. The Morgan fingerprint density at radius 2 is 1.89 bits per heavy atom. The Balaban J connectivity index is 2.89. The Morgan fingerprint density at radius 3 is 2.33 bits per heavy atom. The summed E-state index contributed by atoms with van der Waals surface area (Å²) in [5.74, 6) is 1.48. The molecule has 0 aliphatic rings. The predicted octanol–water partition coefficient (Wildman–Crippen LogP) is 2.31. The van der Waals surface area contributed by atoms with Crippen LogP contribution in [0.15, 0.2) is 18.2 Å². The first-order valence-corrected chi connectivity index (χ1v) is 6.22. The third-order valence-electron chi connectivity index (χ3n) is 2.53. The van der Waals surface area contributed by atoms with Gasteiger partial charge in [-0.3, -0.25) is 4.79 Å². The van der Waals surface area contributed by atoms with Crippen molar-refractivity contribution in [2.75, 3.05) is 26.6 Å². The topological polar surface area (TPSA) is 47.6 Å². The predicted molar refractivity (Wildman–Crippen MR) is 71.8 cm³/mol. The van der Waals surface area contributed by atoms with Gasteiger partial charge in [-0.2, -0.15) is 0 Å². The average Bonchev–Trinajstić information content (AvgIpc) is 2.43. The van der Waals surface area contributed by atoms with Crippen molar-refractivity contribution in [1.29, 1.82) is 0 Å². The number of methoxy groups -OCH3 is 2. The number of amides is 1. The highest BCUT2D eigenvalue weighted by Crippen LogP contribution is 2.27. The fourth-order valence-electron chi connectivity index (χ4n) is 1.48. The molecular formula is C13H18ClNO3. The summed E-state index contributed by atoms with van der Waals surface area (Å²) in [5.41, 5.74) is 0.407. The Kier molecular flexibility index (Phi) is 5.78. The molecule has 0 spiro atoms. The van der Waals surface area contributed by atoms with E-state index in [2.05, 4.69) is 5.32 Å². The molecule has 0 aromatic heterocycles. The molecule has 0 heterocycles. The summed E-state index contributed by atoms with van der Waals surface area (Å²) < 4.78 is 10.4. The average molecular weight is 272 g/mol. The van der Waals surface area contributed by atoms with Crippen LogP contribution in [-0.2, 0) is 0 Å². The molecule has 1 unspecified atom stereocenters. The van der Waals surface area contributed by atoms with Crippen LogP contribution in [0.4, 0.5) is 0 Å². The third-order valence-corrected chi connectivity index (χ3v) is 3.06. The first kappa shape index (κ1) is 14.6. The molecule has 0 bridgehead atoms. The van der Waals surface area contributed by atoms with Crippen LogP contribution < -0.4 is 14.8 Å². The van der Waals surface area contributed by atoms with Crippen LogP contribution in [0.1, 0.15) is 17.3 Å². The van der Waals surface area contributed by atoms with Gasteiger partial charge in [-0.15, -0.1) is 11.6 Å². The van der Waals surface area contributed by atoms with E-state index in [0.717, 1.165) is 0 Å². The van der Waals surface area contributed by atoms with Gasteiger partial charge in [0.05, 0.1) is 14.2 Å². The Labute approximate surface area is 112 Å². The zero-order valence-corrected chi connectivity index (χ0v) is 11.6. The van der Waals surface area contributed by atoms with Crippen LogP contribution in [-0.4, -0.2) is 32.6 Å². The molecule has 1 amide bonds. The summed E-state index contributed by atoms with van der Waals surface area (Å²) in [4.78, 5) is 12.1. The van der Waals surface area contributed by atoms with Gasteiger partial charge in [-0.25, -0.2) is 0 Å². The number of benzene rings is 1. The lowest BCUT2D eigenvalue weighted by atomic mass is 10.1. The number of ether oxygens (including phenoxy) is 2. The lowest BCUT2D eigenvalue weighted by Gasteiger charge is -2.14. The highest BCUT2D eigenvalue weighted by molar-refractivity contribution is 6.18. The monoisotopic (exact) mass is 271 g/mol.